The van der Waals surface area contributed by atoms with Crippen LogP contribution < -0.4 is 0 Å². The van der Waals surface area contributed by atoms with Crippen molar-refractivity contribution in [2.24, 2.45) is 0 Å². The molecule has 0 spiro atoms. The van der Waals surface area contributed by atoms with E-state index >= 15 is 0 Å². The van der Waals surface area contributed by atoms with Gasteiger partial charge in [0.1, 0.15) is 0 Å². The molecule has 0 fully saturated rings. The summed E-state index contributed by atoms with van der Waals surface area (Å²) in [6.45, 7) is 2.15. The lowest BCUT2D eigenvalue weighted by atomic mass is 9.98. The van der Waals surface area contributed by atoms with Gasteiger partial charge in [-0.15, -0.1) is 0 Å². The number of pyridine rings is 1. The predicted molar refractivity (Wildman–Crippen MR) is 104 cm³/mol. The number of benzene rings is 3. The monoisotopic (exact) mass is 351 g/mol. The number of halogens is 2. The van der Waals surface area contributed by atoms with Gasteiger partial charge in [-0.25, -0.2) is 4.98 Å². The maximum atomic E-state index is 6.20. The van der Waals surface area contributed by atoms with Crippen LogP contribution in [-0.4, -0.2) is 4.98 Å². The summed E-state index contributed by atoms with van der Waals surface area (Å²) >= 11 is 12.2. The summed E-state index contributed by atoms with van der Waals surface area (Å²) in [5.74, 6) is 0. The van der Waals surface area contributed by atoms with Crippen LogP contribution in [0.1, 0.15) is 12.5 Å². The normalized spacial score (nSPS) is 11.3. The molecule has 1 heterocycles. The molecule has 0 unspecified atom stereocenters. The first-order valence-corrected chi connectivity index (χ1v) is 8.70. The summed E-state index contributed by atoms with van der Waals surface area (Å²) in [7, 11) is 0. The molecule has 24 heavy (non-hydrogen) atoms. The number of aromatic nitrogens is 1. The molecule has 1 aromatic heterocycles. The van der Waals surface area contributed by atoms with E-state index < -0.39 is 0 Å². The Bertz CT molecular complexity index is 1070. The van der Waals surface area contributed by atoms with Gasteiger partial charge in [0.05, 0.1) is 21.3 Å². The maximum absolute atomic E-state index is 6.20. The van der Waals surface area contributed by atoms with Gasteiger partial charge in [0, 0.05) is 10.9 Å². The third-order valence-corrected chi connectivity index (χ3v) is 5.12. The molecule has 0 saturated heterocycles. The molecule has 1 nitrogen and oxygen atoms in total. The van der Waals surface area contributed by atoms with Gasteiger partial charge in [0.2, 0.25) is 0 Å². The molecule has 0 aliphatic carbocycles. The predicted octanol–water partition coefficient (Wildman–Crippen LogP) is 6.92. The van der Waals surface area contributed by atoms with E-state index in [-0.39, 0.29) is 0 Å². The Labute approximate surface area is 150 Å². The van der Waals surface area contributed by atoms with Crippen LogP contribution in [0.4, 0.5) is 0 Å². The average molecular weight is 352 g/mol. The minimum Gasteiger partial charge on any atom is -0.247 e. The van der Waals surface area contributed by atoms with Gasteiger partial charge in [0.25, 0.3) is 0 Å². The SMILES string of the molecule is CCc1cc2c(ccc3ccccc32)nc1-c1ccc(Cl)c(Cl)c1. The van der Waals surface area contributed by atoms with Crippen LogP contribution in [0.3, 0.4) is 0 Å². The summed E-state index contributed by atoms with van der Waals surface area (Å²) in [5, 5.41) is 4.77. The Balaban J connectivity index is 2.02. The Morgan fingerprint density at radius 3 is 2.46 bits per heavy atom. The largest absolute Gasteiger partial charge is 0.247 e. The highest BCUT2D eigenvalue weighted by Crippen LogP contribution is 2.33. The van der Waals surface area contributed by atoms with Crippen LogP contribution in [0, 0.1) is 0 Å². The summed E-state index contributed by atoms with van der Waals surface area (Å²) in [5.41, 5.74) is 4.17. The fraction of sp³-hybridized carbons (Fsp3) is 0.0952. The topological polar surface area (TPSA) is 12.9 Å². The van der Waals surface area contributed by atoms with Crippen molar-refractivity contribution < 1.29 is 0 Å². The zero-order valence-corrected chi connectivity index (χ0v) is 14.7. The molecule has 0 saturated carbocycles. The van der Waals surface area contributed by atoms with E-state index in [1.54, 1.807) is 0 Å². The molecule has 0 atom stereocenters. The number of rotatable bonds is 2. The van der Waals surface area contributed by atoms with E-state index in [2.05, 4.69) is 49.4 Å². The minimum absolute atomic E-state index is 0.552. The Morgan fingerprint density at radius 1 is 0.833 bits per heavy atom. The quantitative estimate of drug-likeness (QED) is 0.357. The van der Waals surface area contributed by atoms with Gasteiger partial charge in [-0.1, -0.05) is 66.5 Å². The first-order chi connectivity index (χ1) is 11.7. The Morgan fingerprint density at radius 2 is 1.67 bits per heavy atom. The van der Waals surface area contributed by atoms with Crippen molar-refractivity contribution in [3.63, 3.8) is 0 Å². The lowest BCUT2D eigenvalue weighted by Gasteiger charge is -2.12. The molecule has 0 radical (unpaired) electrons. The third kappa shape index (κ3) is 2.54. The zero-order chi connectivity index (χ0) is 16.7. The van der Waals surface area contributed by atoms with Crippen LogP contribution in [0.15, 0.2) is 60.7 Å². The molecule has 3 heteroatoms. The second-order valence-electron chi connectivity index (χ2n) is 5.83. The van der Waals surface area contributed by atoms with Crippen molar-refractivity contribution in [3.8, 4) is 11.3 Å². The highest BCUT2D eigenvalue weighted by Gasteiger charge is 2.11. The molecule has 0 amide bonds. The van der Waals surface area contributed by atoms with Crippen LogP contribution >= 0.6 is 23.2 Å². The van der Waals surface area contributed by atoms with Crippen molar-refractivity contribution in [1.29, 1.82) is 0 Å². The average Bonchev–Trinajstić information content (AvgIpc) is 2.62. The number of hydrogen-bond acceptors (Lipinski definition) is 1. The van der Waals surface area contributed by atoms with Crippen LogP contribution in [0.5, 0.6) is 0 Å². The first-order valence-electron chi connectivity index (χ1n) is 7.94. The molecule has 4 aromatic rings. The summed E-state index contributed by atoms with van der Waals surface area (Å²) in [6.07, 6.45) is 0.905. The van der Waals surface area contributed by atoms with E-state index in [0.29, 0.717) is 10.0 Å². The summed E-state index contributed by atoms with van der Waals surface area (Å²) < 4.78 is 0. The summed E-state index contributed by atoms with van der Waals surface area (Å²) in [4.78, 5) is 4.94. The Hall–Kier alpha value is -2.09. The van der Waals surface area contributed by atoms with Gasteiger partial charge in [-0.2, -0.15) is 0 Å². The smallest absolute Gasteiger partial charge is 0.0742 e. The van der Waals surface area contributed by atoms with E-state index in [9.17, 15) is 0 Å². The fourth-order valence-electron chi connectivity index (χ4n) is 3.13. The van der Waals surface area contributed by atoms with Crippen LogP contribution in [-0.2, 0) is 6.42 Å². The molecular weight excluding hydrogens is 337 g/mol. The van der Waals surface area contributed by atoms with Crippen molar-refractivity contribution in [2.75, 3.05) is 0 Å². The first kappa shape index (κ1) is 15.4. The van der Waals surface area contributed by atoms with Crippen LogP contribution in [0.2, 0.25) is 10.0 Å². The van der Waals surface area contributed by atoms with E-state index in [0.717, 1.165) is 23.2 Å². The second-order valence-corrected chi connectivity index (χ2v) is 6.65. The number of nitrogens with zero attached hydrogens (tertiary/aromatic N) is 1. The number of aryl methyl sites for hydroxylation is 1. The van der Waals surface area contributed by atoms with Crippen molar-refractivity contribution in [2.45, 2.75) is 13.3 Å². The van der Waals surface area contributed by atoms with Crippen LogP contribution in [0.25, 0.3) is 32.9 Å². The van der Waals surface area contributed by atoms with Crippen molar-refractivity contribution >= 4 is 44.9 Å². The molecule has 0 aliphatic heterocycles. The molecular formula is C21H15Cl2N. The molecule has 4 rings (SSSR count). The molecule has 0 N–H and O–H groups in total. The van der Waals surface area contributed by atoms with Gasteiger partial charge < -0.3 is 0 Å². The lowest BCUT2D eigenvalue weighted by Crippen LogP contribution is -1.94. The fourth-order valence-corrected chi connectivity index (χ4v) is 3.43. The van der Waals surface area contributed by atoms with Gasteiger partial charge >= 0.3 is 0 Å². The van der Waals surface area contributed by atoms with Crippen molar-refractivity contribution in [3.05, 3.63) is 76.3 Å². The highest BCUT2D eigenvalue weighted by molar-refractivity contribution is 6.42. The van der Waals surface area contributed by atoms with Gasteiger partial charge in [-0.3, -0.25) is 0 Å². The number of hydrogen-bond donors (Lipinski definition) is 0. The third-order valence-electron chi connectivity index (χ3n) is 4.38. The number of fused-ring (bicyclic) bond motifs is 3. The molecule has 0 bridgehead atoms. The van der Waals surface area contributed by atoms with Gasteiger partial charge in [0.15, 0.2) is 0 Å². The van der Waals surface area contributed by atoms with E-state index in [1.807, 2.05) is 18.2 Å². The minimum atomic E-state index is 0.552. The summed E-state index contributed by atoms with van der Waals surface area (Å²) in [6, 6.07) is 20.6. The zero-order valence-electron chi connectivity index (χ0n) is 13.2. The standard InChI is InChI=1S/C21H15Cl2N/c1-2-13-11-17-16-6-4-3-5-14(16)8-10-20(17)24-21(13)15-7-9-18(22)19(23)12-15/h3-12H,2H2,1H3. The maximum Gasteiger partial charge on any atom is 0.0742 e. The lowest BCUT2D eigenvalue weighted by molar-refractivity contribution is 1.12. The van der Waals surface area contributed by atoms with Crippen molar-refractivity contribution in [1.82, 2.24) is 4.98 Å². The van der Waals surface area contributed by atoms with E-state index in [4.69, 9.17) is 28.2 Å². The molecule has 3 aromatic carbocycles. The van der Waals surface area contributed by atoms with E-state index in [1.165, 1.54) is 21.7 Å². The molecule has 118 valence electrons. The Kier molecular flexibility index (Phi) is 3.91. The second kappa shape index (κ2) is 6.08. The van der Waals surface area contributed by atoms with Gasteiger partial charge in [-0.05, 0) is 47.0 Å². The highest BCUT2D eigenvalue weighted by atomic mass is 35.5. The molecule has 0 aliphatic rings.